The topological polar surface area (TPSA) is 97.2 Å². The predicted octanol–water partition coefficient (Wildman–Crippen LogP) is 4.20. The van der Waals surface area contributed by atoms with Crippen molar-refractivity contribution < 1.29 is 9.72 Å². The fraction of sp³-hybridized carbons (Fsp3) is 0.100. The van der Waals surface area contributed by atoms with Crippen LogP contribution < -0.4 is 10.6 Å². The highest BCUT2D eigenvalue weighted by atomic mass is 35.5. The van der Waals surface area contributed by atoms with Crippen molar-refractivity contribution in [3.63, 3.8) is 0 Å². The molecule has 3 rings (SSSR count). The van der Waals surface area contributed by atoms with Gasteiger partial charge in [0.05, 0.1) is 22.2 Å². The van der Waals surface area contributed by atoms with Gasteiger partial charge < -0.3 is 10.6 Å². The normalized spacial score (nSPS) is 11.5. The van der Waals surface area contributed by atoms with Gasteiger partial charge in [0.15, 0.2) is 0 Å². The molecule has 28 heavy (non-hydrogen) atoms. The number of hydrogen-bond acceptors (Lipinski definition) is 5. The zero-order chi connectivity index (χ0) is 20.1. The third-order valence-electron chi connectivity index (χ3n) is 4.15. The van der Waals surface area contributed by atoms with Crippen LogP contribution in [0.1, 0.15) is 27.7 Å². The zero-order valence-corrected chi connectivity index (χ0v) is 15.7. The first kappa shape index (κ1) is 19.3. The van der Waals surface area contributed by atoms with Gasteiger partial charge in [-0.05, 0) is 35.9 Å². The molecule has 1 heterocycles. The van der Waals surface area contributed by atoms with Gasteiger partial charge in [0.25, 0.3) is 11.6 Å². The fourth-order valence-corrected chi connectivity index (χ4v) is 3.01. The minimum Gasteiger partial charge on any atom is -0.372 e. The molecule has 0 bridgehead atoms. The summed E-state index contributed by atoms with van der Waals surface area (Å²) in [6.07, 6.45) is 1.67. The molecule has 142 valence electrons. The Bertz CT molecular complexity index is 1010. The maximum Gasteiger partial charge on any atom is 0.270 e. The molecule has 0 aliphatic rings. The number of halogens is 1. The summed E-state index contributed by atoms with van der Waals surface area (Å²) in [4.78, 5) is 27.3. The summed E-state index contributed by atoms with van der Waals surface area (Å²) in [6.45, 7) is 0. The van der Waals surface area contributed by atoms with Crippen molar-refractivity contribution in [2.75, 3.05) is 12.4 Å². The Labute approximate surface area is 166 Å². The van der Waals surface area contributed by atoms with Crippen LogP contribution in [0.4, 0.5) is 11.4 Å². The van der Waals surface area contributed by atoms with Gasteiger partial charge in [0.1, 0.15) is 0 Å². The summed E-state index contributed by atoms with van der Waals surface area (Å²) < 4.78 is 0. The molecule has 0 saturated heterocycles. The lowest BCUT2D eigenvalue weighted by Crippen LogP contribution is -2.22. The van der Waals surface area contributed by atoms with E-state index in [9.17, 15) is 14.9 Å². The highest BCUT2D eigenvalue weighted by molar-refractivity contribution is 6.30. The SMILES string of the molecule is CNC(=O)c1cc([N+](=O)[O-])ccc1NC(c1cccc(Cl)c1)c1ccccn1. The molecule has 2 aromatic carbocycles. The van der Waals surface area contributed by atoms with E-state index >= 15 is 0 Å². The number of hydrogen-bond donors (Lipinski definition) is 2. The van der Waals surface area contributed by atoms with E-state index in [1.807, 2.05) is 24.3 Å². The van der Waals surface area contributed by atoms with Gasteiger partial charge in [0.2, 0.25) is 0 Å². The molecular weight excluding hydrogens is 380 g/mol. The molecule has 0 fully saturated rings. The summed E-state index contributed by atoms with van der Waals surface area (Å²) in [5, 5.41) is 17.5. The number of non-ortho nitro benzene ring substituents is 1. The van der Waals surface area contributed by atoms with Crippen LogP contribution in [0.15, 0.2) is 66.9 Å². The van der Waals surface area contributed by atoms with E-state index in [1.165, 1.54) is 25.2 Å². The van der Waals surface area contributed by atoms with Gasteiger partial charge >= 0.3 is 0 Å². The largest absolute Gasteiger partial charge is 0.372 e. The maximum absolute atomic E-state index is 12.3. The van der Waals surface area contributed by atoms with Crippen molar-refractivity contribution in [3.05, 3.63) is 98.8 Å². The highest BCUT2D eigenvalue weighted by Crippen LogP contribution is 2.30. The Kier molecular flexibility index (Phi) is 5.86. The molecule has 1 amide bonds. The van der Waals surface area contributed by atoms with Crippen molar-refractivity contribution >= 4 is 28.9 Å². The van der Waals surface area contributed by atoms with Crippen LogP contribution in [0.5, 0.6) is 0 Å². The molecule has 7 nitrogen and oxygen atoms in total. The zero-order valence-electron chi connectivity index (χ0n) is 14.9. The number of nitrogens with one attached hydrogen (secondary N) is 2. The molecule has 1 unspecified atom stereocenters. The Morgan fingerprint density at radius 1 is 1.14 bits per heavy atom. The van der Waals surface area contributed by atoms with Crippen LogP contribution in [0.3, 0.4) is 0 Å². The molecule has 0 spiro atoms. The number of nitro benzene ring substituents is 1. The summed E-state index contributed by atoms with van der Waals surface area (Å²) in [7, 11) is 1.47. The Morgan fingerprint density at radius 3 is 2.61 bits per heavy atom. The van der Waals surface area contributed by atoms with Gasteiger partial charge in [0, 0.05) is 36.1 Å². The van der Waals surface area contributed by atoms with Crippen molar-refractivity contribution in [2.24, 2.45) is 0 Å². The summed E-state index contributed by atoms with van der Waals surface area (Å²) in [6, 6.07) is 16.5. The molecule has 0 aliphatic carbocycles. The summed E-state index contributed by atoms with van der Waals surface area (Å²) >= 11 is 6.15. The van der Waals surface area contributed by atoms with Gasteiger partial charge in [-0.1, -0.05) is 29.8 Å². The minimum atomic E-state index is -0.538. The lowest BCUT2D eigenvalue weighted by molar-refractivity contribution is -0.384. The van der Waals surface area contributed by atoms with Gasteiger partial charge in [-0.25, -0.2) is 0 Å². The number of aromatic nitrogens is 1. The Balaban J connectivity index is 2.08. The van der Waals surface area contributed by atoms with Gasteiger partial charge in [-0.2, -0.15) is 0 Å². The van der Waals surface area contributed by atoms with Crippen LogP contribution in [-0.4, -0.2) is 22.9 Å². The van der Waals surface area contributed by atoms with E-state index in [2.05, 4.69) is 15.6 Å². The first-order valence-corrected chi connectivity index (χ1v) is 8.81. The third-order valence-corrected chi connectivity index (χ3v) is 4.39. The number of carbonyl (C=O) groups excluding carboxylic acids is 1. The minimum absolute atomic E-state index is 0.165. The first-order chi connectivity index (χ1) is 13.5. The lowest BCUT2D eigenvalue weighted by Gasteiger charge is -2.22. The number of rotatable bonds is 6. The second kappa shape index (κ2) is 8.49. The highest BCUT2D eigenvalue weighted by Gasteiger charge is 2.21. The summed E-state index contributed by atoms with van der Waals surface area (Å²) in [5.41, 5.74) is 2.00. The smallest absolute Gasteiger partial charge is 0.270 e. The molecule has 1 aromatic heterocycles. The van der Waals surface area contributed by atoms with Gasteiger partial charge in [-0.3, -0.25) is 19.9 Å². The fourth-order valence-electron chi connectivity index (χ4n) is 2.81. The number of nitro groups is 1. The number of nitrogens with zero attached hydrogens (tertiary/aromatic N) is 2. The third kappa shape index (κ3) is 4.27. The van der Waals surface area contributed by atoms with Crippen LogP contribution in [-0.2, 0) is 0 Å². The van der Waals surface area contributed by atoms with E-state index in [-0.39, 0.29) is 11.3 Å². The predicted molar refractivity (Wildman–Crippen MR) is 108 cm³/mol. The van der Waals surface area contributed by atoms with Crippen molar-refractivity contribution in [2.45, 2.75) is 6.04 Å². The summed E-state index contributed by atoms with van der Waals surface area (Å²) in [5.74, 6) is -0.433. The maximum atomic E-state index is 12.3. The van der Waals surface area contributed by atoms with E-state index in [1.54, 1.807) is 24.4 Å². The van der Waals surface area contributed by atoms with Crippen LogP contribution in [0.25, 0.3) is 0 Å². The van der Waals surface area contributed by atoms with Crippen molar-refractivity contribution in [3.8, 4) is 0 Å². The second-order valence-electron chi connectivity index (χ2n) is 5.95. The van der Waals surface area contributed by atoms with E-state index < -0.39 is 16.9 Å². The van der Waals surface area contributed by atoms with Crippen LogP contribution >= 0.6 is 11.6 Å². The standard InChI is InChI=1S/C20H17ClN4O3/c1-22-20(26)16-12-15(25(27)28)8-9-17(16)24-19(18-7-2-3-10-23-18)13-5-4-6-14(21)11-13/h2-12,19,24H,1H3,(H,22,26). The lowest BCUT2D eigenvalue weighted by atomic mass is 10.0. The number of anilines is 1. The second-order valence-corrected chi connectivity index (χ2v) is 6.39. The quantitative estimate of drug-likeness (QED) is 0.480. The molecule has 8 heteroatoms. The average Bonchev–Trinajstić information content (AvgIpc) is 2.72. The van der Waals surface area contributed by atoms with Gasteiger partial charge in [-0.15, -0.1) is 0 Å². The molecule has 0 radical (unpaired) electrons. The Morgan fingerprint density at radius 2 is 1.96 bits per heavy atom. The van der Waals surface area contributed by atoms with Crippen LogP contribution in [0, 0.1) is 10.1 Å². The average molecular weight is 397 g/mol. The number of carbonyl (C=O) groups is 1. The van der Waals surface area contributed by atoms with Crippen molar-refractivity contribution in [1.82, 2.24) is 10.3 Å². The number of benzene rings is 2. The van der Waals surface area contributed by atoms with E-state index in [0.717, 1.165) is 5.56 Å². The molecule has 1 atom stereocenters. The van der Waals surface area contributed by atoms with Crippen LogP contribution in [0.2, 0.25) is 5.02 Å². The first-order valence-electron chi connectivity index (χ1n) is 8.43. The molecule has 2 N–H and O–H groups in total. The number of pyridine rings is 1. The molecule has 0 aliphatic heterocycles. The molecule has 3 aromatic rings. The Hall–Kier alpha value is -3.45. The van der Waals surface area contributed by atoms with E-state index in [4.69, 9.17) is 11.6 Å². The van der Waals surface area contributed by atoms with Crippen molar-refractivity contribution in [1.29, 1.82) is 0 Å². The van der Waals surface area contributed by atoms with E-state index in [0.29, 0.717) is 16.4 Å². The molecular formula is C20H17ClN4O3. The monoisotopic (exact) mass is 396 g/mol. The molecule has 0 saturated carbocycles. The number of amides is 1.